The number of rotatable bonds is 2. The van der Waals surface area contributed by atoms with Gasteiger partial charge in [0.15, 0.2) is 0 Å². The molecule has 0 saturated heterocycles. The molecule has 1 atom stereocenters. The highest BCUT2D eigenvalue weighted by Crippen LogP contribution is 2.34. The van der Waals surface area contributed by atoms with E-state index in [0.717, 1.165) is 12.1 Å². The SMILES string of the molecule is NC(c1ccc2c(c1)CCC(=O)N2)C1CCCCCC1. The maximum atomic E-state index is 11.4. The smallest absolute Gasteiger partial charge is 0.224 e. The quantitative estimate of drug-likeness (QED) is 0.809. The summed E-state index contributed by atoms with van der Waals surface area (Å²) in [7, 11) is 0. The average Bonchev–Trinajstić information content (AvgIpc) is 2.75. The number of aryl methyl sites for hydroxylation is 1. The molecule has 0 radical (unpaired) electrons. The molecular weight excluding hydrogens is 248 g/mol. The maximum Gasteiger partial charge on any atom is 0.224 e. The van der Waals surface area contributed by atoms with Gasteiger partial charge < -0.3 is 11.1 Å². The zero-order chi connectivity index (χ0) is 13.9. The number of nitrogens with one attached hydrogen (secondary N) is 1. The van der Waals surface area contributed by atoms with Gasteiger partial charge in [0.25, 0.3) is 0 Å². The standard InChI is InChI=1S/C17H24N2O/c18-17(12-5-3-1-2-4-6-12)14-7-9-15-13(11-14)8-10-16(20)19-15/h7,9,11-12,17H,1-6,8,10,18H2,(H,19,20). The van der Waals surface area contributed by atoms with Crippen molar-refractivity contribution in [1.29, 1.82) is 0 Å². The zero-order valence-electron chi connectivity index (χ0n) is 12.0. The number of fused-ring (bicyclic) bond motifs is 1. The molecule has 3 heteroatoms. The van der Waals surface area contributed by atoms with Crippen LogP contribution < -0.4 is 11.1 Å². The van der Waals surface area contributed by atoms with Gasteiger partial charge in [0, 0.05) is 18.2 Å². The number of hydrogen-bond donors (Lipinski definition) is 2. The van der Waals surface area contributed by atoms with Crippen LogP contribution in [-0.2, 0) is 11.2 Å². The molecule has 1 aliphatic heterocycles. The van der Waals surface area contributed by atoms with Crippen LogP contribution in [0.3, 0.4) is 0 Å². The molecule has 1 heterocycles. The van der Waals surface area contributed by atoms with Gasteiger partial charge in [-0.15, -0.1) is 0 Å². The largest absolute Gasteiger partial charge is 0.326 e. The highest BCUT2D eigenvalue weighted by Gasteiger charge is 2.22. The molecule has 3 rings (SSSR count). The lowest BCUT2D eigenvalue weighted by atomic mass is 9.86. The first-order chi connectivity index (χ1) is 9.74. The molecule has 3 nitrogen and oxygen atoms in total. The first kappa shape index (κ1) is 13.6. The predicted molar refractivity (Wildman–Crippen MR) is 81.5 cm³/mol. The second-order valence-corrected chi connectivity index (χ2v) is 6.24. The van der Waals surface area contributed by atoms with Gasteiger partial charge in [-0.2, -0.15) is 0 Å². The van der Waals surface area contributed by atoms with Crippen LogP contribution in [0.2, 0.25) is 0 Å². The number of nitrogens with two attached hydrogens (primary N) is 1. The van der Waals surface area contributed by atoms with Crippen molar-refractivity contribution >= 4 is 11.6 Å². The van der Waals surface area contributed by atoms with Crippen LogP contribution in [-0.4, -0.2) is 5.91 Å². The Bertz CT molecular complexity index is 490. The van der Waals surface area contributed by atoms with Crippen LogP contribution in [0, 0.1) is 5.92 Å². The number of carbonyl (C=O) groups excluding carboxylic acids is 1. The molecule has 20 heavy (non-hydrogen) atoms. The Balaban J connectivity index is 1.77. The van der Waals surface area contributed by atoms with Crippen molar-refractivity contribution in [3.8, 4) is 0 Å². The lowest BCUT2D eigenvalue weighted by molar-refractivity contribution is -0.116. The van der Waals surface area contributed by atoms with Gasteiger partial charge in [-0.3, -0.25) is 4.79 Å². The topological polar surface area (TPSA) is 55.1 Å². The van der Waals surface area contributed by atoms with Crippen LogP contribution in [0.4, 0.5) is 5.69 Å². The van der Waals surface area contributed by atoms with Gasteiger partial charge in [-0.25, -0.2) is 0 Å². The lowest BCUT2D eigenvalue weighted by Crippen LogP contribution is -2.23. The molecule has 1 saturated carbocycles. The Kier molecular flexibility index (Phi) is 4.06. The van der Waals surface area contributed by atoms with E-state index in [0.29, 0.717) is 12.3 Å². The van der Waals surface area contributed by atoms with Crippen molar-refractivity contribution < 1.29 is 4.79 Å². The van der Waals surface area contributed by atoms with Gasteiger partial charge in [0.1, 0.15) is 0 Å². The first-order valence-electron chi connectivity index (χ1n) is 7.92. The second-order valence-electron chi connectivity index (χ2n) is 6.24. The van der Waals surface area contributed by atoms with E-state index in [1.165, 1.54) is 49.7 Å². The third kappa shape index (κ3) is 2.88. The molecule has 1 aliphatic carbocycles. The summed E-state index contributed by atoms with van der Waals surface area (Å²) in [6.45, 7) is 0. The maximum absolute atomic E-state index is 11.4. The summed E-state index contributed by atoms with van der Waals surface area (Å²) < 4.78 is 0. The molecule has 1 amide bonds. The van der Waals surface area contributed by atoms with Gasteiger partial charge in [-0.1, -0.05) is 37.8 Å². The summed E-state index contributed by atoms with van der Waals surface area (Å²) in [5.74, 6) is 0.743. The second kappa shape index (κ2) is 5.96. The Hall–Kier alpha value is -1.35. The summed E-state index contributed by atoms with van der Waals surface area (Å²) in [6.07, 6.45) is 9.31. The lowest BCUT2D eigenvalue weighted by Gasteiger charge is -2.25. The van der Waals surface area contributed by atoms with E-state index in [4.69, 9.17) is 5.73 Å². The van der Waals surface area contributed by atoms with E-state index >= 15 is 0 Å². The molecule has 2 aliphatic rings. The Morgan fingerprint density at radius 1 is 1.10 bits per heavy atom. The molecule has 0 bridgehead atoms. The van der Waals surface area contributed by atoms with Crippen LogP contribution in [0.1, 0.15) is 62.1 Å². The van der Waals surface area contributed by atoms with Crippen LogP contribution in [0.5, 0.6) is 0 Å². The molecule has 0 aromatic heterocycles. The summed E-state index contributed by atoms with van der Waals surface area (Å²) >= 11 is 0. The van der Waals surface area contributed by atoms with E-state index in [-0.39, 0.29) is 11.9 Å². The minimum atomic E-state index is 0.123. The van der Waals surface area contributed by atoms with Crippen LogP contribution >= 0.6 is 0 Å². The minimum Gasteiger partial charge on any atom is -0.326 e. The Morgan fingerprint density at radius 3 is 2.60 bits per heavy atom. The fourth-order valence-electron chi connectivity index (χ4n) is 3.55. The number of benzene rings is 1. The highest BCUT2D eigenvalue weighted by molar-refractivity contribution is 5.93. The average molecular weight is 272 g/mol. The molecule has 1 unspecified atom stereocenters. The first-order valence-corrected chi connectivity index (χ1v) is 7.92. The molecule has 108 valence electrons. The summed E-state index contributed by atoms with van der Waals surface area (Å²) in [5, 5.41) is 2.94. The molecule has 3 N–H and O–H groups in total. The number of anilines is 1. The fraction of sp³-hybridized carbons (Fsp3) is 0.588. The van der Waals surface area contributed by atoms with E-state index in [1.54, 1.807) is 0 Å². The summed E-state index contributed by atoms with van der Waals surface area (Å²) in [4.78, 5) is 11.4. The van der Waals surface area contributed by atoms with Gasteiger partial charge >= 0.3 is 0 Å². The molecule has 1 aromatic carbocycles. The van der Waals surface area contributed by atoms with Gasteiger partial charge in [0.2, 0.25) is 5.91 Å². The third-order valence-corrected chi connectivity index (χ3v) is 4.82. The van der Waals surface area contributed by atoms with Crippen LogP contribution in [0.15, 0.2) is 18.2 Å². The molecular formula is C17H24N2O. The summed E-state index contributed by atoms with van der Waals surface area (Å²) in [6, 6.07) is 6.49. The van der Waals surface area contributed by atoms with Crippen molar-refractivity contribution in [2.45, 2.75) is 57.4 Å². The van der Waals surface area contributed by atoms with Gasteiger partial charge in [0.05, 0.1) is 0 Å². The number of amides is 1. The number of carbonyl (C=O) groups is 1. The van der Waals surface area contributed by atoms with E-state index in [2.05, 4.69) is 17.4 Å². The van der Waals surface area contributed by atoms with E-state index < -0.39 is 0 Å². The number of hydrogen-bond acceptors (Lipinski definition) is 2. The van der Waals surface area contributed by atoms with Crippen molar-refractivity contribution in [2.75, 3.05) is 5.32 Å². The van der Waals surface area contributed by atoms with Gasteiger partial charge in [-0.05, 0) is 42.4 Å². The molecule has 1 fully saturated rings. The van der Waals surface area contributed by atoms with Crippen molar-refractivity contribution in [2.24, 2.45) is 11.7 Å². The normalized spacial score (nSPS) is 21.8. The zero-order valence-corrected chi connectivity index (χ0v) is 12.0. The minimum absolute atomic E-state index is 0.123. The highest BCUT2D eigenvalue weighted by atomic mass is 16.1. The van der Waals surface area contributed by atoms with E-state index in [9.17, 15) is 4.79 Å². The monoisotopic (exact) mass is 272 g/mol. The third-order valence-electron chi connectivity index (χ3n) is 4.82. The molecule has 0 spiro atoms. The van der Waals surface area contributed by atoms with Crippen LogP contribution in [0.25, 0.3) is 0 Å². The summed E-state index contributed by atoms with van der Waals surface area (Å²) in [5.41, 5.74) is 9.97. The predicted octanol–water partition coefficient (Wildman–Crippen LogP) is 3.54. The van der Waals surface area contributed by atoms with Crippen molar-refractivity contribution in [1.82, 2.24) is 0 Å². The van der Waals surface area contributed by atoms with Crippen molar-refractivity contribution in [3.63, 3.8) is 0 Å². The fourth-order valence-corrected chi connectivity index (χ4v) is 3.55. The van der Waals surface area contributed by atoms with Crippen molar-refractivity contribution in [3.05, 3.63) is 29.3 Å². The Morgan fingerprint density at radius 2 is 1.85 bits per heavy atom. The Labute approximate surface area is 120 Å². The molecule has 1 aromatic rings. The van der Waals surface area contributed by atoms with E-state index in [1.807, 2.05) is 6.07 Å².